The Morgan fingerprint density at radius 1 is 0.697 bits per heavy atom. The van der Waals surface area contributed by atoms with Crippen LogP contribution in [0.5, 0.6) is 0 Å². The van der Waals surface area contributed by atoms with Crippen molar-refractivity contribution < 1.29 is 28.6 Å². The number of unbranched alkanes of at least 4 members (excludes halogenated alkanes) is 8. The van der Waals surface area contributed by atoms with Gasteiger partial charge in [-0.25, -0.2) is 0 Å². The highest BCUT2D eigenvalue weighted by Gasteiger charge is 2.18. The highest BCUT2D eigenvalue weighted by Crippen LogP contribution is 2.10. The Bertz CT molecular complexity index is 557. The predicted molar refractivity (Wildman–Crippen MR) is 129 cm³/mol. The molecule has 0 saturated heterocycles. The Balaban J connectivity index is 3.85. The number of carbonyl (C=O) groups excluding carboxylic acids is 3. The van der Waals surface area contributed by atoms with Gasteiger partial charge in [0.15, 0.2) is 6.10 Å². The molecule has 33 heavy (non-hydrogen) atoms. The fourth-order valence-electron chi connectivity index (χ4n) is 2.93. The zero-order valence-electron chi connectivity index (χ0n) is 20.3. The number of nitrogens with two attached hydrogens (primary N) is 2. The van der Waals surface area contributed by atoms with Crippen molar-refractivity contribution in [2.24, 2.45) is 11.5 Å². The Morgan fingerprint density at radius 2 is 1.21 bits per heavy atom. The summed E-state index contributed by atoms with van der Waals surface area (Å²) in [5, 5.41) is 0. The standard InChI is InChI=1S/C25H44N2O6/c1-2-3-4-5-6-7-8-9-10-11-12-13-14-15-16-17-23(28)33-22(20-31-24(29)18-26)21-32-25(30)19-27/h6-7,9-10,22H,2-5,8,11-21,26-27H2,1H3/b7-6-,10-9-. The summed E-state index contributed by atoms with van der Waals surface area (Å²) in [6, 6.07) is 0. The molecule has 0 aromatic rings. The van der Waals surface area contributed by atoms with Crippen LogP contribution in [0.2, 0.25) is 0 Å². The van der Waals surface area contributed by atoms with Crippen LogP contribution < -0.4 is 11.5 Å². The van der Waals surface area contributed by atoms with E-state index in [9.17, 15) is 14.4 Å². The Morgan fingerprint density at radius 3 is 1.76 bits per heavy atom. The lowest BCUT2D eigenvalue weighted by Crippen LogP contribution is -2.33. The molecule has 0 radical (unpaired) electrons. The third-order valence-electron chi connectivity index (χ3n) is 4.82. The minimum Gasteiger partial charge on any atom is -0.461 e. The molecule has 0 bridgehead atoms. The normalized spacial score (nSPS) is 11.4. The summed E-state index contributed by atoms with van der Waals surface area (Å²) in [5.41, 5.74) is 10.4. The molecule has 0 aromatic carbocycles. The van der Waals surface area contributed by atoms with Gasteiger partial charge in [0.2, 0.25) is 0 Å². The van der Waals surface area contributed by atoms with Crippen molar-refractivity contribution in [3.05, 3.63) is 24.3 Å². The second-order valence-corrected chi connectivity index (χ2v) is 7.87. The van der Waals surface area contributed by atoms with Crippen molar-refractivity contribution in [3.8, 4) is 0 Å². The van der Waals surface area contributed by atoms with Crippen molar-refractivity contribution in [2.45, 2.75) is 90.1 Å². The van der Waals surface area contributed by atoms with E-state index in [2.05, 4.69) is 31.2 Å². The molecular weight excluding hydrogens is 424 g/mol. The molecule has 190 valence electrons. The van der Waals surface area contributed by atoms with Gasteiger partial charge >= 0.3 is 17.9 Å². The first kappa shape index (κ1) is 30.8. The van der Waals surface area contributed by atoms with E-state index >= 15 is 0 Å². The molecule has 0 unspecified atom stereocenters. The molecule has 0 aliphatic rings. The van der Waals surface area contributed by atoms with Crippen molar-refractivity contribution in [3.63, 3.8) is 0 Å². The lowest BCUT2D eigenvalue weighted by Gasteiger charge is -2.17. The summed E-state index contributed by atoms with van der Waals surface area (Å²) >= 11 is 0. The van der Waals surface area contributed by atoms with Crippen LogP contribution in [-0.2, 0) is 28.6 Å². The number of allylic oxidation sites excluding steroid dienone is 4. The smallest absolute Gasteiger partial charge is 0.319 e. The van der Waals surface area contributed by atoms with Gasteiger partial charge in [0, 0.05) is 6.42 Å². The Kier molecular flexibility index (Phi) is 21.5. The van der Waals surface area contributed by atoms with E-state index in [0.717, 1.165) is 44.9 Å². The van der Waals surface area contributed by atoms with Crippen LogP contribution in [0, 0.1) is 0 Å². The van der Waals surface area contributed by atoms with Gasteiger partial charge in [-0.1, -0.05) is 63.3 Å². The fourth-order valence-corrected chi connectivity index (χ4v) is 2.93. The molecule has 0 spiro atoms. The molecule has 0 amide bonds. The number of hydrogen-bond acceptors (Lipinski definition) is 8. The average molecular weight is 469 g/mol. The zero-order valence-corrected chi connectivity index (χ0v) is 20.3. The maximum atomic E-state index is 12.0. The van der Waals surface area contributed by atoms with Gasteiger partial charge in [-0.3, -0.25) is 14.4 Å². The van der Waals surface area contributed by atoms with Crippen molar-refractivity contribution in [1.29, 1.82) is 0 Å². The molecule has 0 atom stereocenters. The summed E-state index contributed by atoms with van der Waals surface area (Å²) in [4.78, 5) is 34.5. The third kappa shape index (κ3) is 21.4. The Labute approximate surface area is 199 Å². The number of rotatable bonds is 21. The van der Waals surface area contributed by atoms with Crippen LogP contribution in [0.1, 0.15) is 84.0 Å². The lowest BCUT2D eigenvalue weighted by molar-refractivity contribution is -0.166. The molecule has 0 aromatic heterocycles. The van der Waals surface area contributed by atoms with Gasteiger partial charge in [0.1, 0.15) is 13.2 Å². The van der Waals surface area contributed by atoms with Gasteiger partial charge in [-0.05, 0) is 38.5 Å². The quantitative estimate of drug-likeness (QED) is 0.113. The van der Waals surface area contributed by atoms with E-state index < -0.39 is 24.0 Å². The Hall–Kier alpha value is -2.19. The molecule has 4 N–H and O–H groups in total. The van der Waals surface area contributed by atoms with Crippen LogP contribution in [0.3, 0.4) is 0 Å². The van der Waals surface area contributed by atoms with Crippen molar-refractivity contribution in [1.82, 2.24) is 0 Å². The molecule has 0 aliphatic carbocycles. The largest absolute Gasteiger partial charge is 0.461 e. The third-order valence-corrected chi connectivity index (χ3v) is 4.82. The van der Waals surface area contributed by atoms with E-state index in [1.807, 2.05) is 0 Å². The summed E-state index contributed by atoms with van der Waals surface area (Å²) in [5.74, 6) is -1.68. The second-order valence-electron chi connectivity index (χ2n) is 7.87. The molecule has 0 aliphatic heterocycles. The molecule has 8 heteroatoms. The molecule has 8 nitrogen and oxygen atoms in total. The minimum atomic E-state index is -0.874. The van der Waals surface area contributed by atoms with Crippen LogP contribution in [0.25, 0.3) is 0 Å². The molecule has 0 saturated carbocycles. The maximum absolute atomic E-state index is 12.0. The van der Waals surface area contributed by atoms with Crippen LogP contribution >= 0.6 is 0 Å². The summed E-state index contributed by atoms with van der Waals surface area (Å²) < 4.78 is 15.0. The fraction of sp³-hybridized carbons (Fsp3) is 0.720. The highest BCUT2D eigenvalue weighted by atomic mass is 16.6. The molecule has 0 heterocycles. The van der Waals surface area contributed by atoms with E-state index in [-0.39, 0.29) is 32.7 Å². The van der Waals surface area contributed by atoms with Crippen LogP contribution in [0.15, 0.2) is 24.3 Å². The topological polar surface area (TPSA) is 131 Å². The number of esters is 3. The molecule has 0 fully saturated rings. The van der Waals surface area contributed by atoms with Crippen LogP contribution in [-0.4, -0.2) is 50.3 Å². The average Bonchev–Trinajstić information content (AvgIpc) is 2.82. The first-order chi connectivity index (χ1) is 16.0. The van der Waals surface area contributed by atoms with Crippen molar-refractivity contribution >= 4 is 17.9 Å². The summed E-state index contributed by atoms with van der Waals surface area (Å²) in [6.07, 6.45) is 20.5. The van der Waals surface area contributed by atoms with E-state index in [1.165, 1.54) is 25.7 Å². The van der Waals surface area contributed by atoms with E-state index in [1.54, 1.807) is 0 Å². The van der Waals surface area contributed by atoms with Gasteiger partial charge in [0.25, 0.3) is 0 Å². The minimum absolute atomic E-state index is 0.220. The summed E-state index contributed by atoms with van der Waals surface area (Å²) in [6.45, 7) is 1.21. The first-order valence-electron chi connectivity index (χ1n) is 12.2. The second kappa shape index (κ2) is 23.0. The zero-order chi connectivity index (χ0) is 24.6. The predicted octanol–water partition coefficient (Wildman–Crippen LogP) is 3.72. The monoisotopic (exact) mass is 468 g/mol. The molecule has 0 rings (SSSR count). The van der Waals surface area contributed by atoms with Crippen molar-refractivity contribution in [2.75, 3.05) is 26.3 Å². The van der Waals surface area contributed by atoms with Crippen LogP contribution in [0.4, 0.5) is 0 Å². The highest BCUT2D eigenvalue weighted by molar-refractivity contribution is 5.72. The SMILES string of the molecule is CCCCC/C=C\C/C=C\CCCCCCCC(=O)OC(COC(=O)CN)COC(=O)CN. The number of carbonyl (C=O) groups is 3. The first-order valence-corrected chi connectivity index (χ1v) is 12.2. The maximum Gasteiger partial charge on any atom is 0.319 e. The summed E-state index contributed by atoms with van der Waals surface area (Å²) in [7, 11) is 0. The van der Waals surface area contributed by atoms with E-state index in [4.69, 9.17) is 25.7 Å². The molecular formula is C25H44N2O6. The number of hydrogen-bond donors (Lipinski definition) is 2. The van der Waals surface area contributed by atoms with Gasteiger partial charge in [-0.2, -0.15) is 0 Å². The van der Waals surface area contributed by atoms with Gasteiger partial charge in [-0.15, -0.1) is 0 Å². The lowest BCUT2D eigenvalue weighted by atomic mass is 10.1. The van der Waals surface area contributed by atoms with E-state index in [0.29, 0.717) is 0 Å². The van der Waals surface area contributed by atoms with Gasteiger partial charge in [0.05, 0.1) is 13.1 Å². The number of ether oxygens (including phenoxy) is 3. The van der Waals surface area contributed by atoms with Gasteiger partial charge < -0.3 is 25.7 Å².